The zero-order chi connectivity index (χ0) is 30.9. The molecule has 45 heavy (non-hydrogen) atoms. The molecule has 1 fully saturated rings. The van der Waals surface area contributed by atoms with E-state index >= 15 is 0 Å². The molecule has 5 heterocycles. The number of nitrogens with two attached hydrogens (primary N) is 1. The lowest BCUT2D eigenvalue weighted by Gasteiger charge is -2.45. The lowest BCUT2D eigenvalue weighted by molar-refractivity contribution is 0.191. The second kappa shape index (κ2) is 11.8. The minimum atomic E-state index is 0.226. The Morgan fingerprint density at radius 3 is 2.38 bits per heavy atom. The zero-order valence-corrected chi connectivity index (χ0v) is 25.1. The molecule has 1 aliphatic heterocycles. The van der Waals surface area contributed by atoms with Gasteiger partial charge < -0.3 is 10.6 Å². The van der Waals surface area contributed by atoms with Crippen molar-refractivity contribution in [1.29, 1.82) is 5.26 Å². The highest BCUT2D eigenvalue weighted by Gasteiger charge is 2.30. The van der Waals surface area contributed by atoms with Crippen LogP contribution in [0.15, 0.2) is 97.5 Å². The van der Waals surface area contributed by atoms with E-state index < -0.39 is 0 Å². The number of nitriles is 1. The summed E-state index contributed by atoms with van der Waals surface area (Å²) < 4.78 is 2.07. The fourth-order valence-corrected chi connectivity index (χ4v) is 6.33. The first kappa shape index (κ1) is 28.1. The summed E-state index contributed by atoms with van der Waals surface area (Å²) in [5, 5.41) is 9.29. The smallest absolute Gasteiger partial charge is 0.165 e. The fourth-order valence-electron chi connectivity index (χ4n) is 6.33. The van der Waals surface area contributed by atoms with E-state index in [9.17, 15) is 5.26 Å². The van der Waals surface area contributed by atoms with Gasteiger partial charge in [0.1, 0.15) is 35.2 Å². The van der Waals surface area contributed by atoms with Crippen LogP contribution in [-0.2, 0) is 6.54 Å². The summed E-state index contributed by atoms with van der Waals surface area (Å²) in [6, 6.07) is 30.9. The van der Waals surface area contributed by atoms with Gasteiger partial charge in [-0.05, 0) is 55.8 Å². The van der Waals surface area contributed by atoms with Gasteiger partial charge in [0.25, 0.3) is 0 Å². The van der Waals surface area contributed by atoms with Crippen LogP contribution in [0.4, 0.5) is 11.6 Å². The minimum absolute atomic E-state index is 0.226. The number of nitrogens with zero attached hydrogens (tertiary/aromatic N) is 9. The Labute approximate surface area is 261 Å². The van der Waals surface area contributed by atoms with Crippen molar-refractivity contribution in [3.8, 4) is 34.4 Å². The maximum atomic E-state index is 9.29. The van der Waals surface area contributed by atoms with Crippen LogP contribution in [0.25, 0.3) is 39.5 Å². The maximum absolute atomic E-state index is 9.29. The van der Waals surface area contributed by atoms with Crippen molar-refractivity contribution < 1.29 is 0 Å². The highest BCUT2D eigenvalue weighted by Crippen LogP contribution is 2.32. The number of aromatic nitrogens is 6. The molecular formula is C35H32N10. The lowest BCUT2D eigenvalue weighted by atomic mass is 10.1. The Morgan fingerprint density at radius 1 is 0.867 bits per heavy atom. The molecule has 10 heteroatoms. The molecule has 0 aliphatic carbocycles. The second-order valence-electron chi connectivity index (χ2n) is 11.5. The van der Waals surface area contributed by atoms with Crippen molar-refractivity contribution in [3.05, 3.63) is 109 Å². The van der Waals surface area contributed by atoms with Crippen molar-refractivity contribution in [2.45, 2.75) is 32.5 Å². The summed E-state index contributed by atoms with van der Waals surface area (Å²) in [7, 11) is 0. The van der Waals surface area contributed by atoms with Crippen molar-refractivity contribution >= 4 is 22.8 Å². The predicted octanol–water partition coefficient (Wildman–Crippen LogP) is 5.49. The van der Waals surface area contributed by atoms with Gasteiger partial charge in [-0.15, -0.1) is 0 Å². The first-order valence-electron chi connectivity index (χ1n) is 15.0. The summed E-state index contributed by atoms with van der Waals surface area (Å²) in [6.07, 6.45) is 3.15. The number of benzene rings is 2. The van der Waals surface area contributed by atoms with Gasteiger partial charge in [-0.1, -0.05) is 42.5 Å². The Kier molecular flexibility index (Phi) is 7.37. The molecule has 222 valence electrons. The monoisotopic (exact) mass is 592 g/mol. The molecular weight excluding hydrogens is 560 g/mol. The largest absolute Gasteiger partial charge is 0.383 e. The molecule has 0 saturated carbocycles. The summed E-state index contributed by atoms with van der Waals surface area (Å²) in [5.41, 5.74) is 13.1. The van der Waals surface area contributed by atoms with Crippen molar-refractivity contribution in [2.75, 3.05) is 23.7 Å². The molecule has 2 aromatic carbocycles. The first-order valence-corrected chi connectivity index (χ1v) is 15.0. The molecule has 0 radical (unpaired) electrons. The molecule has 7 rings (SSSR count). The van der Waals surface area contributed by atoms with Gasteiger partial charge in [-0.3, -0.25) is 9.47 Å². The number of fused-ring (bicyclic) bond motifs is 1. The normalized spacial score (nSPS) is 17.0. The Hall–Kier alpha value is -5.66. The number of anilines is 2. The molecule has 10 nitrogen and oxygen atoms in total. The van der Waals surface area contributed by atoms with Gasteiger partial charge in [-0.2, -0.15) is 5.26 Å². The van der Waals surface area contributed by atoms with Crippen LogP contribution in [-0.4, -0.2) is 59.6 Å². The van der Waals surface area contributed by atoms with E-state index in [4.69, 9.17) is 15.7 Å². The van der Waals surface area contributed by atoms with Crippen LogP contribution in [0, 0.1) is 11.3 Å². The SMILES string of the molecule is C[C@H]1CN(Cc2ccc(-n3c(-c4cccnc4N)nc4ccc(-c5ccccc5)nc43)cc2)C[C@H](C)N1c1cc(C#N)ncn1. The van der Waals surface area contributed by atoms with Crippen LogP contribution in [0.3, 0.4) is 0 Å². The minimum Gasteiger partial charge on any atom is -0.383 e. The van der Waals surface area contributed by atoms with Gasteiger partial charge in [-0.25, -0.2) is 24.9 Å². The Bertz CT molecular complexity index is 2000. The topological polar surface area (TPSA) is 126 Å². The molecule has 2 atom stereocenters. The van der Waals surface area contributed by atoms with Crippen LogP contribution in [0.5, 0.6) is 0 Å². The number of hydrogen-bond donors (Lipinski definition) is 1. The predicted molar refractivity (Wildman–Crippen MR) is 175 cm³/mol. The van der Waals surface area contributed by atoms with Crippen molar-refractivity contribution in [3.63, 3.8) is 0 Å². The summed E-state index contributed by atoms with van der Waals surface area (Å²) in [5.74, 6) is 1.92. The van der Waals surface area contributed by atoms with Crippen LogP contribution >= 0.6 is 0 Å². The number of piperazine rings is 1. The molecule has 4 aromatic heterocycles. The molecule has 0 bridgehead atoms. The van der Waals surface area contributed by atoms with Gasteiger partial charge in [0.15, 0.2) is 11.5 Å². The number of hydrogen-bond acceptors (Lipinski definition) is 9. The van der Waals surface area contributed by atoms with E-state index in [2.05, 4.69) is 85.6 Å². The van der Waals surface area contributed by atoms with E-state index in [0.717, 1.165) is 59.1 Å². The highest BCUT2D eigenvalue weighted by molar-refractivity contribution is 5.84. The highest BCUT2D eigenvalue weighted by atomic mass is 15.3. The number of rotatable bonds is 6. The zero-order valence-electron chi connectivity index (χ0n) is 25.1. The van der Waals surface area contributed by atoms with Gasteiger partial charge >= 0.3 is 0 Å². The third-order valence-corrected chi connectivity index (χ3v) is 8.28. The Balaban J connectivity index is 1.19. The number of nitrogen functional groups attached to an aromatic ring is 1. The number of pyridine rings is 2. The van der Waals surface area contributed by atoms with Gasteiger partial charge in [0, 0.05) is 55.2 Å². The van der Waals surface area contributed by atoms with E-state index in [1.54, 1.807) is 12.3 Å². The number of imidazole rings is 1. The fraction of sp³-hybridized carbons (Fsp3) is 0.200. The maximum Gasteiger partial charge on any atom is 0.165 e. The molecule has 0 unspecified atom stereocenters. The van der Waals surface area contributed by atoms with E-state index in [0.29, 0.717) is 17.3 Å². The van der Waals surface area contributed by atoms with E-state index in [1.165, 1.54) is 11.9 Å². The van der Waals surface area contributed by atoms with Gasteiger partial charge in [0.2, 0.25) is 0 Å². The average Bonchev–Trinajstić information content (AvgIpc) is 3.44. The van der Waals surface area contributed by atoms with E-state index in [1.807, 2.05) is 42.5 Å². The first-order chi connectivity index (χ1) is 22.0. The van der Waals surface area contributed by atoms with Crippen LogP contribution < -0.4 is 10.6 Å². The van der Waals surface area contributed by atoms with Crippen LogP contribution in [0.2, 0.25) is 0 Å². The Morgan fingerprint density at radius 2 is 1.64 bits per heavy atom. The molecule has 1 saturated heterocycles. The summed E-state index contributed by atoms with van der Waals surface area (Å²) in [6.45, 7) is 6.97. The molecule has 0 spiro atoms. The quantitative estimate of drug-likeness (QED) is 0.267. The van der Waals surface area contributed by atoms with Gasteiger partial charge in [0.05, 0.1) is 11.3 Å². The second-order valence-corrected chi connectivity index (χ2v) is 11.5. The van der Waals surface area contributed by atoms with Crippen molar-refractivity contribution in [2.24, 2.45) is 0 Å². The van der Waals surface area contributed by atoms with Crippen LogP contribution in [0.1, 0.15) is 25.1 Å². The third-order valence-electron chi connectivity index (χ3n) is 8.28. The van der Waals surface area contributed by atoms with Crippen molar-refractivity contribution in [1.82, 2.24) is 34.4 Å². The van der Waals surface area contributed by atoms with E-state index in [-0.39, 0.29) is 12.1 Å². The summed E-state index contributed by atoms with van der Waals surface area (Å²) >= 11 is 0. The third kappa shape index (κ3) is 5.46. The molecule has 1 aliphatic rings. The molecule has 2 N–H and O–H groups in total. The average molecular weight is 593 g/mol. The summed E-state index contributed by atoms with van der Waals surface area (Å²) in [4.78, 5) is 27.6. The lowest BCUT2D eigenvalue weighted by Crippen LogP contribution is -2.56. The molecule has 6 aromatic rings. The standard InChI is InChI=1S/C35H32N10/c1-23-19-43(20-24(2)44(23)32-17-27(18-36)39-22-40-32)21-25-10-12-28(13-11-25)45-34(29-9-6-16-38-33(29)37)42-31-15-14-30(41-35(31)45)26-7-4-3-5-8-26/h3-17,22-24H,19-21H2,1-2H3,(H2,37,38)/t23-,24-/m0/s1. The molecule has 0 amide bonds.